The van der Waals surface area contributed by atoms with E-state index in [-0.39, 0.29) is 11.8 Å². The maximum Gasteiger partial charge on any atom is 0.243 e. The molecule has 0 bridgehead atoms. The summed E-state index contributed by atoms with van der Waals surface area (Å²) in [6.07, 6.45) is 9.48. The topological polar surface area (TPSA) is 66.5 Å². The van der Waals surface area contributed by atoms with Gasteiger partial charge in [0.2, 0.25) is 15.9 Å². The van der Waals surface area contributed by atoms with Crippen LogP contribution in [0, 0.1) is 11.8 Å². The van der Waals surface area contributed by atoms with Gasteiger partial charge in [-0.1, -0.05) is 37.5 Å². The van der Waals surface area contributed by atoms with Crippen LogP contribution in [0.15, 0.2) is 35.2 Å². The van der Waals surface area contributed by atoms with Crippen molar-refractivity contribution in [3.63, 3.8) is 0 Å². The predicted octanol–water partition coefficient (Wildman–Crippen LogP) is 3.56. The second-order valence-corrected chi connectivity index (χ2v) is 9.97. The maximum absolute atomic E-state index is 12.8. The Morgan fingerprint density at radius 2 is 1.70 bits per heavy atom. The van der Waals surface area contributed by atoms with E-state index in [0.29, 0.717) is 30.3 Å². The highest BCUT2D eigenvalue weighted by atomic mass is 32.2. The highest BCUT2D eigenvalue weighted by Gasteiger charge is 2.30. The van der Waals surface area contributed by atoms with Crippen LogP contribution in [-0.4, -0.2) is 38.3 Å². The minimum Gasteiger partial charge on any atom is -0.356 e. The molecule has 0 radical (unpaired) electrons. The van der Waals surface area contributed by atoms with Gasteiger partial charge in [-0.2, -0.15) is 4.31 Å². The van der Waals surface area contributed by atoms with Gasteiger partial charge in [-0.05, 0) is 56.1 Å². The normalized spacial score (nSPS) is 22.4. The molecule has 150 valence electrons. The fourth-order valence-electron chi connectivity index (χ4n) is 4.30. The van der Waals surface area contributed by atoms with E-state index in [4.69, 9.17) is 0 Å². The third-order valence-electron chi connectivity index (χ3n) is 5.96. The Labute approximate surface area is 163 Å². The molecule has 1 unspecified atom stereocenters. The lowest BCUT2D eigenvalue weighted by Crippen LogP contribution is -2.40. The van der Waals surface area contributed by atoms with E-state index in [2.05, 4.69) is 5.32 Å². The van der Waals surface area contributed by atoms with Crippen LogP contribution in [0.3, 0.4) is 0 Å². The van der Waals surface area contributed by atoms with Crippen LogP contribution in [0.4, 0.5) is 0 Å². The number of benzene rings is 1. The molecular formula is C21H32N2O3S. The Morgan fingerprint density at radius 3 is 2.44 bits per heavy atom. The number of hydrogen-bond acceptors (Lipinski definition) is 3. The maximum atomic E-state index is 12.8. The zero-order valence-corrected chi connectivity index (χ0v) is 16.9. The van der Waals surface area contributed by atoms with Crippen molar-refractivity contribution < 1.29 is 13.2 Å². The van der Waals surface area contributed by atoms with Crippen molar-refractivity contribution in [2.45, 2.75) is 62.7 Å². The molecule has 1 aromatic carbocycles. The predicted molar refractivity (Wildman–Crippen MR) is 107 cm³/mol. The van der Waals surface area contributed by atoms with Crippen LogP contribution in [0.5, 0.6) is 0 Å². The summed E-state index contributed by atoms with van der Waals surface area (Å²) in [6.45, 7) is 1.90. The van der Waals surface area contributed by atoms with Crippen LogP contribution in [0.1, 0.15) is 57.8 Å². The SMILES string of the molecule is O=C(CCC1CCCN(S(=O)(=O)c2ccccc2)C1)NCC1CCCCC1. The van der Waals surface area contributed by atoms with Crippen LogP contribution >= 0.6 is 0 Å². The van der Waals surface area contributed by atoms with Gasteiger partial charge < -0.3 is 5.32 Å². The Kier molecular flexibility index (Phi) is 7.30. The van der Waals surface area contributed by atoms with Gasteiger partial charge in [-0.3, -0.25) is 4.79 Å². The number of sulfonamides is 1. The lowest BCUT2D eigenvalue weighted by Gasteiger charge is -2.32. The van der Waals surface area contributed by atoms with Gasteiger partial charge in [0.05, 0.1) is 4.90 Å². The van der Waals surface area contributed by atoms with E-state index in [1.165, 1.54) is 32.1 Å². The summed E-state index contributed by atoms with van der Waals surface area (Å²) in [6, 6.07) is 8.63. The molecule has 0 spiro atoms. The van der Waals surface area contributed by atoms with Gasteiger partial charge >= 0.3 is 0 Å². The van der Waals surface area contributed by atoms with Crippen LogP contribution in [-0.2, 0) is 14.8 Å². The Hall–Kier alpha value is -1.40. The summed E-state index contributed by atoms with van der Waals surface area (Å²) >= 11 is 0. The van der Waals surface area contributed by atoms with Crippen molar-refractivity contribution in [1.29, 1.82) is 0 Å². The van der Waals surface area contributed by atoms with Crippen molar-refractivity contribution in [1.82, 2.24) is 9.62 Å². The van der Waals surface area contributed by atoms with E-state index in [9.17, 15) is 13.2 Å². The average molecular weight is 393 g/mol. The number of piperidine rings is 1. The summed E-state index contributed by atoms with van der Waals surface area (Å²) in [5, 5.41) is 3.09. The van der Waals surface area contributed by atoms with Gasteiger partial charge in [0.25, 0.3) is 0 Å². The number of nitrogens with one attached hydrogen (secondary N) is 1. The first-order chi connectivity index (χ1) is 13.1. The molecule has 1 saturated heterocycles. The molecule has 1 aliphatic heterocycles. The molecule has 1 aliphatic carbocycles. The van der Waals surface area contributed by atoms with Crippen LogP contribution in [0.2, 0.25) is 0 Å². The van der Waals surface area contributed by atoms with E-state index in [1.807, 2.05) is 6.07 Å². The molecule has 3 rings (SSSR count). The molecule has 27 heavy (non-hydrogen) atoms. The molecule has 5 nitrogen and oxygen atoms in total. The number of carbonyl (C=O) groups excluding carboxylic acids is 1. The zero-order chi connectivity index (χ0) is 19.1. The zero-order valence-electron chi connectivity index (χ0n) is 16.1. The third kappa shape index (κ3) is 5.79. The molecule has 1 amide bonds. The molecule has 1 saturated carbocycles. The highest BCUT2D eigenvalue weighted by molar-refractivity contribution is 7.89. The number of nitrogens with zero attached hydrogens (tertiary/aromatic N) is 1. The fourth-order valence-corrected chi connectivity index (χ4v) is 5.87. The van der Waals surface area contributed by atoms with Crippen LogP contribution < -0.4 is 5.32 Å². The minimum atomic E-state index is -3.43. The van der Waals surface area contributed by atoms with E-state index in [1.54, 1.807) is 28.6 Å². The van der Waals surface area contributed by atoms with Gasteiger partial charge in [0.15, 0.2) is 0 Å². The first kappa shape index (κ1) is 20.3. The fraction of sp³-hybridized carbons (Fsp3) is 0.667. The summed E-state index contributed by atoms with van der Waals surface area (Å²) in [5.41, 5.74) is 0. The summed E-state index contributed by atoms with van der Waals surface area (Å²) in [4.78, 5) is 12.5. The van der Waals surface area contributed by atoms with Gasteiger partial charge in [0.1, 0.15) is 0 Å². The third-order valence-corrected chi connectivity index (χ3v) is 7.83. The summed E-state index contributed by atoms with van der Waals surface area (Å²) in [5.74, 6) is 1.02. The van der Waals surface area contributed by atoms with Crippen molar-refractivity contribution in [2.24, 2.45) is 11.8 Å². The Morgan fingerprint density at radius 1 is 1.00 bits per heavy atom. The molecule has 2 fully saturated rings. The van der Waals surface area contributed by atoms with Gasteiger partial charge in [-0.25, -0.2) is 8.42 Å². The second-order valence-electron chi connectivity index (χ2n) is 8.03. The van der Waals surface area contributed by atoms with Gasteiger partial charge in [0, 0.05) is 26.1 Å². The largest absolute Gasteiger partial charge is 0.356 e. The summed E-state index contributed by atoms with van der Waals surface area (Å²) < 4.78 is 27.2. The summed E-state index contributed by atoms with van der Waals surface area (Å²) in [7, 11) is -3.43. The molecular weight excluding hydrogens is 360 g/mol. The molecule has 0 aromatic heterocycles. The number of rotatable bonds is 7. The molecule has 2 aliphatic rings. The molecule has 1 atom stereocenters. The van der Waals surface area contributed by atoms with Crippen molar-refractivity contribution in [3.05, 3.63) is 30.3 Å². The molecule has 1 N–H and O–H groups in total. The van der Waals surface area contributed by atoms with Gasteiger partial charge in [-0.15, -0.1) is 0 Å². The number of amides is 1. The standard InChI is InChI=1S/C21H32N2O3S/c24-21(22-16-18-8-3-1-4-9-18)14-13-19-10-7-15-23(17-19)27(25,26)20-11-5-2-6-12-20/h2,5-6,11-12,18-19H,1,3-4,7-10,13-17H2,(H,22,24). The molecule has 6 heteroatoms. The van der Waals surface area contributed by atoms with Crippen LogP contribution in [0.25, 0.3) is 0 Å². The van der Waals surface area contributed by atoms with Crippen molar-refractivity contribution >= 4 is 15.9 Å². The Balaban J connectivity index is 1.45. The number of hydrogen-bond donors (Lipinski definition) is 1. The van der Waals surface area contributed by atoms with Crippen molar-refractivity contribution in [3.8, 4) is 0 Å². The highest BCUT2D eigenvalue weighted by Crippen LogP contribution is 2.26. The lowest BCUT2D eigenvalue weighted by molar-refractivity contribution is -0.121. The van der Waals surface area contributed by atoms with E-state index < -0.39 is 10.0 Å². The first-order valence-electron chi connectivity index (χ1n) is 10.4. The average Bonchev–Trinajstić information content (AvgIpc) is 2.72. The van der Waals surface area contributed by atoms with Crippen molar-refractivity contribution in [2.75, 3.05) is 19.6 Å². The molecule has 1 aromatic rings. The minimum absolute atomic E-state index is 0.114. The van der Waals surface area contributed by atoms with E-state index >= 15 is 0 Å². The monoisotopic (exact) mass is 392 g/mol. The Bertz CT molecular complexity index is 699. The number of carbonyl (C=O) groups is 1. The first-order valence-corrected chi connectivity index (χ1v) is 11.8. The quantitative estimate of drug-likeness (QED) is 0.771. The smallest absolute Gasteiger partial charge is 0.243 e. The second kappa shape index (κ2) is 9.69. The van der Waals surface area contributed by atoms with E-state index in [0.717, 1.165) is 25.8 Å². The lowest BCUT2D eigenvalue weighted by atomic mass is 9.89. The molecule has 1 heterocycles.